The van der Waals surface area contributed by atoms with E-state index >= 15 is 0 Å². The fraction of sp³-hybridized carbons (Fsp3) is 0.333. The van der Waals surface area contributed by atoms with Crippen LogP contribution in [0.1, 0.15) is 58.0 Å². The predicted molar refractivity (Wildman–Crippen MR) is 118 cm³/mol. The second kappa shape index (κ2) is 10.1. The molecule has 11 heteroatoms. The molecule has 0 aromatic carbocycles. The van der Waals surface area contributed by atoms with Crippen LogP contribution in [0.25, 0.3) is 0 Å². The van der Waals surface area contributed by atoms with E-state index in [0.717, 1.165) is 18.0 Å². The predicted octanol–water partition coefficient (Wildman–Crippen LogP) is 2.56. The maximum absolute atomic E-state index is 13.6. The minimum atomic E-state index is -1.10. The van der Waals surface area contributed by atoms with Gasteiger partial charge in [-0.1, -0.05) is 13.8 Å². The monoisotopic (exact) mass is 459 g/mol. The van der Waals surface area contributed by atoms with Gasteiger partial charge in [-0.05, 0) is 48.1 Å². The van der Waals surface area contributed by atoms with Crippen molar-refractivity contribution in [3.63, 3.8) is 0 Å². The summed E-state index contributed by atoms with van der Waals surface area (Å²) in [5, 5.41) is 2.87. The molecule has 0 radical (unpaired) electrons. The van der Waals surface area contributed by atoms with Crippen LogP contribution in [-0.4, -0.2) is 33.5 Å². The van der Waals surface area contributed by atoms with Gasteiger partial charge < -0.3 is 30.5 Å². The quantitative estimate of drug-likeness (QED) is 0.420. The third-order valence-corrected chi connectivity index (χ3v) is 5.57. The van der Waals surface area contributed by atoms with Crippen LogP contribution in [0.5, 0.6) is 0 Å². The Balaban J connectivity index is 1.99. The van der Waals surface area contributed by atoms with Gasteiger partial charge in [-0.15, -0.1) is 0 Å². The molecule has 0 spiro atoms. The zero-order valence-electron chi connectivity index (χ0n) is 17.7. The minimum absolute atomic E-state index is 0.00288. The highest BCUT2D eigenvalue weighted by atomic mass is 32.1. The number of hydrogen-bond acceptors (Lipinski definition) is 8. The summed E-state index contributed by atoms with van der Waals surface area (Å²) in [5.41, 5.74) is 10.9. The lowest BCUT2D eigenvalue weighted by Gasteiger charge is -2.29. The number of amides is 3. The van der Waals surface area contributed by atoms with E-state index in [-0.39, 0.29) is 28.6 Å². The van der Waals surface area contributed by atoms with Crippen molar-refractivity contribution in [3.05, 3.63) is 58.9 Å². The first-order valence-electron chi connectivity index (χ1n) is 9.99. The molecule has 3 aromatic rings. The number of nitrogens with one attached hydrogen (secondary N) is 1. The van der Waals surface area contributed by atoms with E-state index in [2.05, 4.69) is 9.69 Å². The fourth-order valence-electron chi connectivity index (χ4n) is 3.06. The second-order valence-electron chi connectivity index (χ2n) is 7.54. The number of furan rings is 2. The van der Waals surface area contributed by atoms with Gasteiger partial charge in [0.1, 0.15) is 16.4 Å². The van der Waals surface area contributed by atoms with Crippen molar-refractivity contribution >= 4 is 34.9 Å². The number of hydrogen-bond donors (Lipinski definition) is 3. The standard InChI is InChI=1S/C21H25N5O5S/c1-12(2)7-8-24-20(28)17(14-6-4-10-31-14)26(11-13-5-3-9-30-13)21(29)18-15(22)16(19(23)27)25-32-18/h3-6,9-10,12,17H,7-8,11,22H2,1-2H3,(H2,23,27)(H,24,28)/t17-/m1/s1. The number of carbonyl (C=O) groups excluding carboxylic acids is 3. The molecule has 0 fully saturated rings. The van der Waals surface area contributed by atoms with Gasteiger partial charge >= 0.3 is 0 Å². The van der Waals surface area contributed by atoms with Gasteiger partial charge in [-0.2, -0.15) is 4.37 Å². The average Bonchev–Trinajstić information content (AvgIpc) is 3.49. The van der Waals surface area contributed by atoms with Crippen molar-refractivity contribution in [2.45, 2.75) is 32.9 Å². The third kappa shape index (κ3) is 5.17. The summed E-state index contributed by atoms with van der Waals surface area (Å²) in [5.74, 6) is -0.761. The summed E-state index contributed by atoms with van der Waals surface area (Å²) < 4.78 is 14.8. The molecule has 3 rings (SSSR count). The first kappa shape index (κ1) is 23.1. The number of rotatable bonds is 10. The molecule has 0 bridgehead atoms. The van der Waals surface area contributed by atoms with Crippen molar-refractivity contribution in [1.29, 1.82) is 0 Å². The molecule has 3 aromatic heterocycles. The van der Waals surface area contributed by atoms with Gasteiger partial charge in [0.05, 0.1) is 24.8 Å². The highest BCUT2D eigenvalue weighted by Crippen LogP contribution is 2.30. The number of aromatic nitrogens is 1. The van der Waals surface area contributed by atoms with Gasteiger partial charge in [0.25, 0.3) is 17.7 Å². The lowest BCUT2D eigenvalue weighted by molar-refractivity contribution is -0.126. The van der Waals surface area contributed by atoms with Crippen LogP contribution < -0.4 is 16.8 Å². The maximum atomic E-state index is 13.6. The van der Waals surface area contributed by atoms with E-state index in [0.29, 0.717) is 18.2 Å². The molecule has 5 N–H and O–H groups in total. The highest BCUT2D eigenvalue weighted by Gasteiger charge is 2.36. The van der Waals surface area contributed by atoms with Crippen LogP contribution in [-0.2, 0) is 11.3 Å². The molecule has 170 valence electrons. The van der Waals surface area contributed by atoms with Crippen molar-refractivity contribution in [3.8, 4) is 0 Å². The molecule has 32 heavy (non-hydrogen) atoms. The molecule has 0 unspecified atom stereocenters. The molecular formula is C21H25N5O5S. The Hall–Kier alpha value is -3.60. The summed E-state index contributed by atoms with van der Waals surface area (Å²) in [6.45, 7) is 4.49. The minimum Gasteiger partial charge on any atom is -0.467 e. The molecular weight excluding hydrogens is 434 g/mol. The molecule has 0 saturated heterocycles. The van der Waals surface area contributed by atoms with Crippen molar-refractivity contribution < 1.29 is 23.2 Å². The normalized spacial score (nSPS) is 12.0. The van der Waals surface area contributed by atoms with Crippen LogP contribution in [0.2, 0.25) is 0 Å². The van der Waals surface area contributed by atoms with Gasteiger partial charge in [0.2, 0.25) is 0 Å². The zero-order valence-corrected chi connectivity index (χ0v) is 18.6. The Kier molecular flexibility index (Phi) is 7.31. The van der Waals surface area contributed by atoms with Crippen LogP contribution in [0.15, 0.2) is 45.6 Å². The number of primary amides is 1. The fourth-order valence-corrected chi connectivity index (χ4v) is 3.82. The Bertz CT molecular complexity index is 1060. The van der Waals surface area contributed by atoms with Crippen LogP contribution in [0.3, 0.4) is 0 Å². The molecule has 3 heterocycles. The summed E-state index contributed by atoms with van der Waals surface area (Å²) >= 11 is 0.742. The number of anilines is 1. The van der Waals surface area contributed by atoms with E-state index in [1.54, 1.807) is 24.3 Å². The third-order valence-electron chi connectivity index (χ3n) is 4.72. The Morgan fingerprint density at radius 3 is 2.47 bits per heavy atom. The number of nitrogens with zero attached hydrogens (tertiary/aromatic N) is 2. The smallest absolute Gasteiger partial charge is 0.270 e. The molecule has 3 amide bonds. The van der Waals surface area contributed by atoms with Crippen molar-refractivity contribution in [2.75, 3.05) is 12.3 Å². The van der Waals surface area contributed by atoms with Crippen LogP contribution in [0, 0.1) is 5.92 Å². The van der Waals surface area contributed by atoms with Crippen LogP contribution in [0.4, 0.5) is 5.69 Å². The summed E-state index contributed by atoms with van der Waals surface area (Å²) in [6.07, 6.45) is 3.66. The topological polar surface area (TPSA) is 158 Å². The molecule has 0 saturated carbocycles. The SMILES string of the molecule is CC(C)CCNC(=O)[C@@H](c1ccco1)N(Cc1ccco1)C(=O)c1snc(C(N)=O)c1N. The van der Waals surface area contributed by atoms with Crippen molar-refractivity contribution in [1.82, 2.24) is 14.6 Å². The molecule has 0 aliphatic rings. The largest absolute Gasteiger partial charge is 0.467 e. The average molecular weight is 460 g/mol. The van der Waals surface area contributed by atoms with Gasteiger partial charge in [-0.3, -0.25) is 14.4 Å². The van der Waals surface area contributed by atoms with Crippen molar-refractivity contribution in [2.24, 2.45) is 11.7 Å². The van der Waals surface area contributed by atoms with Crippen LogP contribution >= 0.6 is 11.5 Å². The Labute approximate surface area is 188 Å². The lowest BCUT2D eigenvalue weighted by atomic mass is 10.1. The van der Waals surface area contributed by atoms with Gasteiger partial charge in [0, 0.05) is 6.54 Å². The lowest BCUT2D eigenvalue weighted by Crippen LogP contribution is -2.43. The highest BCUT2D eigenvalue weighted by molar-refractivity contribution is 7.09. The molecule has 10 nitrogen and oxygen atoms in total. The first-order valence-corrected chi connectivity index (χ1v) is 10.8. The number of nitrogen functional groups attached to an aromatic ring is 1. The first-order chi connectivity index (χ1) is 15.3. The van der Waals surface area contributed by atoms with E-state index in [1.807, 2.05) is 13.8 Å². The Morgan fingerprint density at radius 2 is 1.91 bits per heavy atom. The summed E-state index contributed by atoms with van der Waals surface area (Å²) in [4.78, 5) is 39.6. The molecule has 1 atom stereocenters. The van der Waals surface area contributed by atoms with E-state index in [4.69, 9.17) is 20.3 Å². The number of carbonyl (C=O) groups is 3. The summed E-state index contributed by atoms with van der Waals surface area (Å²) in [7, 11) is 0. The molecule has 0 aliphatic heterocycles. The molecule has 0 aliphatic carbocycles. The number of nitrogens with two attached hydrogens (primary N) is 2. The van der Waals surface area contributed by atoms with Gasteiger partial charge in [0.15, 0.2) is 11.7 Å². The van der Waals surface area contributed by atoms with E-state index in [1.165, 1.54) is 17.4 Å². The zero-order chi connectivity index (χ0) is 23.3. The van der Waals surface area contributed by atoms with E-state index in [9.17, 15) is 14.4 Å². The summed E-state index contributed by atoms with van der Waals surface area (Å²) in [6, 6.07) is 5.50. The van der Waals surface area contributed by atoms with E-state index < -0.39 is 23.8 Å². The second-order valence-corrected chi connectivity index (χ2v) is 8.32. The van der Waals surface area contributed by atoms with Gasteiger partial charge in [-0.25, -0.2) is 0 Å². The maximum Gasteiger partial charge on any atom is 0.270 e. The Morgan fingerprint density at radius 1 is 1.19 bits per heavy atom.